The fourth-order valence-corrected chi connectivity index (χ4v) is 4.61. The molecule has 1 N–H and O–H groups in total. The number of hydrogen-bond donors (Lipinski definition) is 1. The van der Waals surface area contributed by atoms with E-state index in [1.165, 1.54) is 24.5 Å². The Labute approximate surface area is 185 Å². The topological polar surface area (TPSA) is 102 Å². The maximum absolute atomic E-state index is 11.9. The smallest absolute Gasteiger partial charge is 0.338 e. The van der Waals surface area contributed by atoms with Crippen LogP contribution in [0.1, 0.15) is 34.6 Å². The van der Waals surface area contributed by atoms with Gasteiger partial charge in [-0.25, -0.2) is 18.2 Å². The maximum atomic E-state index is 11.9. The highest BCUT2D eigenvalue weighted by atomic mass is 32.2. The van der Waals surface area contributed by atoms with Crippen molar-refractivity contribution in [2.24, 2.45) is 0 Å². The molecule has 0 aliphatic carbocycles. The number of carbonyl (C=O) groups is 2. The summed E-state index contributed by atoms with van der Waals surface area (Å²) in [5.41, 5.74) is 2.84. The number of thiazole rings is 1. The number of amides is 1. The minimum absolute atomic E-state index is 0.220. The van der Waals surface area contributed by atoms with Gasteiger partial charge in [0.2, 0.25) is 5.91 Å². The molecule has 7 nitrogen and oxygen atoms in total. The average Bonchev–Trinajstić information content (AvgIpc) is 3.09. The molecule has 0 bridgehead atoms. The van der Waals surface area contributed by atoms with E-state index in [1.807, 2.05) is 0 Å². The van der Waals surface area contributed by atoms with Crippen LogP contribution in [0.4, 0.5) is 5.13 Å². The van der Waals surface area contributed by atoms with Crippen molar-refractivity contribution in [2.75, 3.05) is 18.2 Å². The standard InChI is InChI=1S/C22H22N2O5S2/c1-4-29-21(26)17-9-7-16(8-10-17)20-19(30-22(24-20)23-14(2)25)13-15-5-11-18(12-6-15)31(3,27)28/h5-12H,4,13H2,1-3H3,(H,23,24,25). The molecule has 3 rings (SSSR count). The van der Waals surface area contributed by atoms with Crippen molar-refractivity contribution in [1.82, 2.24) is 4.98 Å². The largest absolute Gasteiger partial charge is 0.462 e. The zero-order chi connectivity index (χ0) is 22.6. The van der Waals surface area contributed by atoms with E-state index in [0.29, 0.717) is 29.4 Å². The van der Waals surface area contributed by atoms with Crippen LogP contribution in [0.15, 0.2) is 53.4 Å². The van der Waals surface area contributed by atoms with Crippen molar-refractivity contribution in [1.29, 1.82) is 0 Å². The molecule has 162 valence electrons. The van der Waals surface area contributed by atoms with E-state index in [2.05, 4.69) is 10.3 Å². The first-order valence-corrected chi connectivity index (χ1v) is 12.2. The summed E-state index contributed by atoms with van der Waals surface area (Å²) in [5.74, 6) is -0.612. The van der Waals surface area contributed by atoms with E-state index in [-0.39, 0.29) is 10.8 Å². The molecule has 3 aromatic rings. The molecule has 0 fully saturated rings. The zero-order valence-electron chi connectivity index (χ0n) is 17.3. The maximum Gasteiger partial charge on any atom is 0.338 e. The van der Waals surface area contributed by atoms with Gasteiger partial charge in [-0.1, -0.05) is 24.3 Å². The fourth-order valence-electron chi connectivity index (χ4n) is 2.92. The molecular weight excluding hydrogens is 436 g/mol. The van der Waals surface area contributed by atoms with Crippen LogP contribution in [-0.2, 0) is 25.8 Å². The number of rotatable bonds is 7. The molecule has 0 atom stereocenters. The number of carbonyl (C=O) groups excluding carboxylic acids is 2. The first-order valence-electron chi connectivity index (χ1n) is 9.51. The van der Waals surface area contributed by atoms with Gasteiger partial charge in [-0.3, -0.25) is 4.79 Å². The van der Waals surface area contributed by atoms with Crippen LogP contribution in [0, 0.1) is 0 Å². The van der Waals surface area contributed by atoms with E-state index in [0.717, 1.165) is 16.0 Å². The number of nitrogens with zero attached hydrogens (tertiary/aromatic N) is 1. The van der Waals surface area contributed by atoms with Crippen molar-refractivity contribution in [2.45, 2.75) is 25.2 Å². The Morgan fingerprint density at radius 2 is 1.71 bits per heavy atom. The number of nitrogens with one attached hydrogen (secondary N) is 1. The zero-order valence-corrected chi connectivity index (χ0v) is 19.0. The van der Waals surface area contributed by atoms with Crippen molar-refractivity contribution >= 4 is 38.2 Å². The van der Waals surface area contributed by atoms with Crippen LogP contribution in [-0.4, -0.2) is 38.1 Å². The van der Waals surface area contributed by atoms with Gasteiger partial charge in [0.25, 0.3) is 0 Å². The van der Waals surface area contributed by atoms with E-state index < -0.39 is 15.8 Å². The van der Waals surface area contributed by atoms with Gasteiger partial charge in [0.05, 0.1) is 22.8 Å². The SMILES string of the molecule is CCOC(=O)c1ccc(-c2nc(NC(C)=O)sc2Cc2ccc(S(C)(=O)=O)cc2)cc1. The number of anilines is 1. The molecule has 0 saturated heterocycles. The van der Waals surface area contributed by atoms with E-state index >= 15 is 0 Å². The molecule has 1 heterocycles. The van der Waals surface area contributed by atoms with Crippen LogP contribution in [0.2, 0.25) is 0 Å². The first kappa shape index (κ1) is 22.6. The van der Waals surface area contributed by atoms with Gasteiger partial charge in [-0.05, 0) is 36.8 Å². The Kier molecular flexibility index (Phi) is 6.87. The highest BCUT2D eigenvalue weighted by Gasteiger charge is 2.16. The summed E-state index contributed by atoms with van der Waals surface area (Å²) in [5, 5.41) is 3.18. The normalized spacial score (nSPS) is 11.2. The average molecular weight is 459 g/mol. The third kappa shape index (κ3) is 5.77. The second-order valence-corrected chi connectivity index (χ2v) is 9.96. The Morgan fingerprint density at radius 1 is 1.06 bits per heavy atom. The van der Waals surface area contributed by atoms with Crippen LogP contribution in [0.3, 0.4) is 0 Å². The molecule has 9 heteroatoms. The number of esters is 1. The summed E-state index contributed by atoms with van der Waals surface area (Å²) in [6, 6.07) is 13.6. The van der Waals surface area contributed by atoms with Gasteiger partial charge in [-0.15, -0.1) is 11.3 Å². The summed E-state index contributed by atoms with van der Waals surface area (Å²) < 4.78 is 28.4. The fraction of sp³-hybridized carbons (Fsp3) is 0.227. The Morgan fingerprint density at radius 3 is 2.26 bits per heavy atom. The van der Waals surface area contributed by atoms with Gasteiger partial charge >= 0.3 is 5.97 Å². The van der Waals surface area contributed by atoms with E-state index in [1.54, 1.807) is 55.5 Å². The minimum Gasteiger partial charge on any atom is -0.462 e. The van der Waals surface area contributed by atoms with Crippen LogP contribution in [0.25, 0.3) is 11.3 Å². The monoisotopic (exact) mass is 458 g/mol. The second kappa shape index (κ2) is 9.40. The van der Waals surface area contributed by atoms with Crippen molar-refractivity contribution < 1.29 is 22.7 Å². The second-order valence-electron chi connectivity index (χ2n) is 6.86. The number of hydrogen-bond acceptors (Lipinski definition) is 7. The summed E-state index contributed by atoms with van der Waals surface area (Å²) >= 11 is 1.35. The lowest BCUT2D eigenvalue weighted by atomic mass is 10.0. The Hall–Kier alpha value is -3.04. The highest BCUT2D eigenvalue weighted by molar-refractivity contribution is 7.90. The minimum atomic E-state index is -3.26. The van der Waals surface area contributed by atoms with Gasteiger partial charge in [0.1, 0.15) is 0 Å². The van der Waals surface area contributed by atoms with Crippen molar-refractivity contribution in [3.8, 4) is 11.3 Å². The molecule has 0 spiro atoms. The van der Waals surface area contributed by atoms with Gasteiger partial charge < -0.3 is 10.1 Å². The quantitative estimate of drug-likeness (QED) is 0.538. The van der Waals surface area contributed by atoms with Crippen LogP contribution in [0.5, 0.6) is 0 Å². The van der Waals surface area contributed by atoms with Crippen molar-refractivity contribution in [3.63, 3.8) is 0 Å². The van der Waals surface area contributed by atoms with Gasteiger partial charge in [0.15, 0.2) is 15.0 Å². The van der Waals surface area contributed by atoms with E-state index in [9.17, 15) is 18.0 Å². The van der Waals surface area contributed by atoms with Crippen molar-refractivity contribution in [3.05, 3.63) is 64.5 Å². The first-order chi connectivity index (χ1) is 14.7. The third-order valence-electron chi connectivity index (χ3n) is 4.37. The number of ether oxygens (including phenoxy) is 1. The lowest BCUT2D eigenvalue weighted by Gasteiger charge is -2.06. The lowest BCUT2D eigenvalue weighted by Crippen LogP contribution is -2.05. The molecule has 31 heavy (non-hydrogen) atoms. The van der Waals surface area contributed by atoms with E-state index in [4.69, 9.17) is 4.74 Å². The summed E-state index contributed by atoms with van der Waals surface area (Å²) in [6.45, 7) is 3.47. The summed E-state index contributed by atoms with van der Waals surface area (Å²) in [4.78, 5) is 29.1. The number of benzene rings is 2. The molecule has 1 aromatic heterocycles. The molecule has 0 radical (unpaired) electrons. The van der Waals surface area contributed by atoms with Crippen LogP contribution >= 0.6 is 11.3 Å². The third-order valence-corrected chi connectivity index (χ3v) is 6.47. The molecule has 1 amide bonds. The molecule has 2 aromatic carbocycles. The van der Waals surface area contributed by atoms with Gasteiger partial charge in [0, 0.05) is 30.0 Å². The Balaban J connectivity index is 1.94. The molecule has 0 aliphatic heterocycles. The predicted octanol–water partition coefficient (Wildman–Crippen LogP) is 3.94. The van der Waals surface area contributed by atoms with Crippen LogP contribution < -0.4 is 5.32 Å². The molecule has 0 aliphatic rings. The molecule has 0 unspecified atom stereocenters. The summed E-state index contributed by atoms with van der Waals surface area (Å²) in [6.07, 6.45) is 1.68. The highest BCUT2D eigenvalue weighted by Crippen LogP contribution is 2.33. The molecule has 0 saturated carbocycles. The Bertz CT molecular complexity index is 1200. The van der Waals surface area contributed by atoms with Gasteiger partial charge in [-0.2, -0.15) is 0 Å². The summed E-state index contributed by atoms with van der Waals surface area (Å²) in [7, 11) is -3.26. The molecular formula is C22H22N2O5S2. The predicted molar refractivity (Wildman–Crippen MR) is 120 cm³/mol. The number of aromatic nitrogens is 1. The number of sulfone groups is 1. The lowest BCUT2D eigenvalue weighted by molar-refractivity contribution is -0.114.